The molecule has 0 saturated carbocycles. The fourth-order valence-electron chi connectivity index (χ4n) is 1.08. The first-order valence-corrected chi connectivity index (χ1v) is 5.37. The van der Waals surface area contributed by atoms with E-state index in [1.54, 1.807) is 0 Å². The van der Waals surface area contributed by atoms with Crippen molar-refractivity contribution < 1.29 is 0 Å². The monoisotopic (exact) mass is 178 g/mol. The Hall–Kier alpha value is -0.700. The summed E-state index contributed by atoms with van der Waals surface area (Å²) in [6.07, 6.45) is 8.29. The largest absolute Gasteiger partial charge is 0.103 e. The molecule has 0 heteroatoms. The van der Waals surface area contributed by atoms with E-state index in [2.05, 4.69) is 32.3 Å². The third kappa shape index (κ3) is 11.3. The van der Waals surface area contributed by atoms with Crippen LogP contribution in [0.5, 0.6) is 0 Å². The smallest absolute Gasteiger partial charge is 0.00888 e. The number of hydrogen-bond acceptors (Lipinski definition) is 0. The third-order valence-corrected chi connectivity index (χ3v) is 1.94. The average Bonchev–Trinajstić information content (AvgIpc) is 2.09. The Morgan fingerprint density at radius 3 is 2.23 bits per heavy atom. The van der Waals surface area contributed by atoms with E-state index in [4.69, 9.17) is 0 Å². The molecular formula is C13H22. The number of hydrogen-bond donors (Lipinski definition) is 0. The molecule has 13 heavy (non-hydrogen) atoms. The van der Waals surface area contributed by atoms with Crippen LogP contribution in [0.1, 0.15) is 58.8 Å². The Bertz CT molecular complexity index is 178. The SMILES string of the molecule is C=C(C)CCCCC#CCCCC. The van der Waals surface area contributed by atoms with Crippen LogP contribution in [0.15, 0.2) is 12.2 Å². The Morgan fingerprint density at radius 1 is 1.08 bits per heavy atom. The van der Waals surface area contributed by atoms with Crippen LogP contribution in [0, 0.1) is 11.8 Å². The molecule has 74 valence electrons. The average molecular weight is 178 g/mol. The summed E-state index contributed by atoms with van der Waals surface area (Å²) in [4.78, 5) is 0. The first-order valence-electron chi connectivity index (χ1n) is 5.37. The van der Waals surface area contributed by atoms with Gasteiger partial charge in [0.2, 0.25) is 0 Å². The summed E-state index contributed by atoms with van der Waals surface area (Å²) >= 11 is 0. The van der Waals surface area contributed by atoms with Crippen molar-refractivity contribution in [1.29, 1.82) is 0 Å². The maximum absolute atomic E-state index is 3.88. The lowest BCUT2D eigenvalue weighted by atomic mass is 10.1. The van der Waals surface area contributed by atoms with Crippen molar-refractivity contribution in [3.8, 4) is 11.8 Å². The van der Waals surface area contributed by atoms with Gasteiger partial charge in [-0.05, 0) is 32.6 Å². The van der Waals surface area contributed by atoms with Crippen LogP contribution in [0.25, 0.3) is 0 Å². The quantitative estimate of drug-likeness (QED) is 0.323. The highest BCUT2D eigenvalue weighted by atomic mass is 13.9. The summed E-state index contributed by atoms with van der Waals surface area (Å²) in [6, 6.07) is 0. The van der Waals surface area contributed by atoms with Crippen molar-refractivity contribution in [2.24, 2.45) is 0 Å². The first-order chi connectivity index (χ1) is 6.27. The summed E-state index contributed by atoms with van der Waals surface area (Å²) in [6.45, 7) is 8.17. The van der Waals surface area contributed by atoms with Crippen LogP contribution in [-0.4, -0.2) is 0 Å². The molecule has 0 spiro atoms. The molecule has 0 rings (SSSR count). The van der Waals surface area contributed by atoms with Crippen LogP contribution in [0.3, 0.4) is 0 Å². The Morgan fingerprint density at radius 2 is 1.69 bits per heavy atom. The van der Waals surface area contributed by atoms with Gasteiger partial charge in [0, 0.05) is 12.8 Å². The van der Waals surface area contributed by atoms with Gasteiger partial charge in [-0.25, -0.2) is 0 Å². The highest BCUT2D eigenvalue weighted by Crippen LogP contribution is 2.05. The fourth-order valence-corrected chi connectivity index (χ4v) is 1.08. The molecule has 0 nitrogen and oxygen atoms in total. The second kappa shape index (κ2) is 9.39. The predicted molar refractivity (Wildman–Crippen MR) is 60.6 cm³/mol. The Kier molecular flexibility index (Phi) is 8.88. The van der Waals surface area contributed by atoms with Gasteiger partial charge in [-0.3, -0.25) is 0 Å². The molecule has 0 radical (unpaired) electrons. The van der Waals surface area contributed by atoms with E-state index >= 15 is 0 Å². The maximum Gasteiger partial charge on any atom is 0.00888 e. The topological polar surface area (TPSA) is 0 Å². The van der Waals surface area contributed by atoms with Gasteiger partial charge in [0.1, 0.15) is 0 Å². The summed E-state index contributed by atoms with van der Waals surface area (Å²) in [5, 5.41) is 0. The molecule has 0 aromatic carbocycles. The van der Waals surface area contributed by atoms with Gasteiger partial charge in [-0.2, -0.15) is 0 Å². The van der Waals surface area contributed by atoms with Crippen molar-refractivity contribution in [1.82, 2.24) is 0 Å². The zero-order valence-corrected chi connectivity index (χ0v) is 9.16. The Balaban J connectivity index is 3.13. The van der Waals surface area contributed by atoms with E-state index in [1.165, 1.54) is 31.3 Å². The van der Waals surface area contributed by atoms with Crippen molar-refractivity contribution >= 4 is 0 Å². The highest BCUT2D eigenvalue weighted by molar-refractivity contribution is 4.98. The molecule has 0 saturated heterocycles. The molecule has 0 aromatic rings. The van der Waals surface area contributed by atoms with E-state index < -0.39 is 0 Å². The third-order valence-electron chi connectivity index (χ3n) is 1.94. The van der Waals surface area contributed by atoms with Crippen LogP contribution < -0.4 is 0 Å². The second-order valence-electron chi connectivity index (χ2n) is 3.62. The molecule has 0 unspecified atom stereocenters. The normalized spacial score (nSPS) is 9.08. The van der Waals surface area contributed by atoms with Crippen LogP contribution in [0.4, 0.5) is 0 Å². The zero-order chi connectivity index (χ0) is 9.94. The van der Waals surface area contributed by atoms with Gasteiger partial charge in [-0.1, -0.05) is 18.9 Å². The summed E-state index contributed by atoms with van der Waals surface area (Å²) in [7, 11) is 0. The minimum absolute atomic E-state index is 1.07. The predicted octanol–water partition coefficient (Wildman–Crippen LogP) is 4.32. The van der Waals surface area contributed by atoms with Crippen molar-refractivity contribution in [2.75, 3.05) is 0 Å². The second-order valence-corrected chi connectivity index (χ2v) is 3.62. The van der Waals surface area contributed by atoms with Gasteiger partial charge < -0.3 is 0 Å². The molecule has 0 aliphatic rings. The molecular weight excluding hydrogens is 156 g/mol. The van der Waals surface area contributed by atoms with Crippen LogP contribution in [-0.2, 0) is 0 Å². The maximum atomic E-state index is 3.88. The lowest BCUT2D eigenvalue weighted by molar-refractivity contribution is 0.751. The molecule has 0 atom stereocenters. The highest BCUT2D eigenvalue weighted by Gasteiger charge is 1.86. The Labute approximate surface area is 83.4 Å². The van der Waals surface area contributed by atoms with Crippen LogP contribution >= 0.6 is 0 Å². The lowest BCUT2D eigenvalue weighted by Crippen LogP contribution is -1.77. The molecule has 0 heterocycles. The summed E-state index contributed by atoms with van der Waals surface area (Å²) < 4.78 is 0. The van der Waals surface area contributed by atoms with E-state index in [0.717, 1.165) is 19.3 Å². The lowest BCUT2D eigenvalue weighted by Gasteiger charge is -1.95. The van der Waals surface area contributed by atoms with E-state index in [9.17, 15) is 0 Å². The molecule has 0 aliphatic heterocycles. The minimum Gasteiger partial charge on any atom is -0.103 e. The number of allylic oxidation sites excluding steroid dienone is 1. The van der Waals surface area contributed by atoms with Gasteiger partial charge in [-0.15, -0.1) is 18.4 Å². The first kappa shape index (κ1) is 12.3. The molecule has 0 fully saturated rings. The summed E-state index contributed by atoms with van der Waals surface area (Å²) in [5.74, 6) is 6.42. The van der Waals surface area contributed by atoms with Gasteiger partial charge >= 0.3 is 0 Å². The van der Waals surface area contributed by atoms with Crippen LogP contribution in [0.2, 0.25) is 0 Å². The molecule has 0 bridgehead atoms. The van der Waals surface area contributed by atoms with E-state index in [-0.39, 0.29) is 0 Å². The van der Waals surface area contributed by atoms with Crippen molar-refractivity contribution in [2.45, 2.75) is 58.8 Å². The van der Waals surface area contributed by atoms with Gasteiger partial charge in [0.05, 0.1) is 0 Å². The summed E-state index contributed by atoms with van der Waals surface area (Å²) in [5.41, 5.74) is 1.29. The number of rotatable bonds is 6. The van der Waals surface area contributed by atoms with Gasteiger partial charge in [0.15, 0.2) is 0 Å². The molecule has 0 N–H and O–H groups in total. The molecule has 0 aliphatic carbocycles. The molecule has 0 amide bonds. The van der Waals surface area contributed by atoms with E-state index in [0.29, 0.717) is 0 Å². The van der Waals surface area contributed by atoms with Crippen molar-refractivity contribution in [3.05, 3.63) is 12.2 Å². The minimum atomic E-state index is 1.07. The van der Waals surface area contributed by atoms with Crippen molar-refractivity contribution in [3.63, 3.8) is 0 Å². The zero-order valence-electron chi connectivity index (χ0n) is 9.16. The standard InChI is InChI=1S/C13H22/c1-4-5-6-7-8-9-10-11-12-13(2)3/h2,4-6,9-12H2,1,3H3. The number of unbranched alkanes of at least 4 members (excludes halogenated alkanes) is 4. The van der Waals surface area contributed by atoms with Gasteiger partial charge in [0.25, 0.3) is 0 Å². The van der Waals surface area contributed by atoms with E-state index in [1.807, 2.05) is 0 Å². The molecule has 0 aromatic heterocycles. The fraction of sp³-hybridized carbons (Fsp3) is 0.692.